The summed E-state index contributed by atoms with van der Waals surface area (Å²) < 4.78 is 18.8. The molecule has 0 saturated carbocycles. The Bertz CT molecular complexity index is 583. The molecule has 0 radical (unpaired) electrons. The van der Waals surface area contributed by atoms with Crippen LogP contribution in [0.15, 0.2) is 23.8 Å². The molecule has 1 aromatic carbocycles. The van der Waals surface area contributed by atoms with Crippen LogP contribution >= 0.6 is 11.6 Å². The van der Waals surface area contributed by atoms with Gasteiger partial charge in [-0.25, -0.2) is 9.18 Å². The molecular weight excluding hydrogens is 305 g/mol. The maximum atomic E-state index is 13.4. The summed E-state index contributed by atoms with van der Waals surface area (Å²) in [5.41, 5.74) is 1.51. The Morgan fingerprint density at radius 2 is 1.95 bits per heavy atom. The normalized spacial score (nSPS) is 15.7. The average molecular weight is 326 g/mol. The van der Waals surface area contributed by atoms with Crippen molar-refractivity contribution in [2.75, 3.05) is 13.1 Å². The van der Waals surface area contributed by atoms with Gasteiger partial charge in [0.2, 0.25) is 0 Å². The first-order valence-corrected chi connectivity index (χ1v) is 7.75. The minimum atomic E-state index is -0.478. The minimum Gasteiger partial charge on any atom is -0.444 e. The first-order valence-electron chi connectivity index (χ1n) is 7.37. The van der Waals surface area contributed by atoms with E-state index >= 15 is 0 Å². The number of rotatable bonds is 1. The SMILES string of the molecule is CC(C)(C)OC(=O)N1CCC(=Cc2ccc(Cl)c(F)c2)CC1. The fourth-order valence-corrected chi connectivity index (χ4v) is 2.40. The van der Waals surface area contributed by atoms with Crippen LogP contribution in [0.3, 0.4) is 0 Å². The van der Waals surface area contributed by atoms with Crippen LogP contribution in [0.4, 0.5) is 9.18 Å². The van der Waals surface area contributed by atoms with E-state index in [4.69, 9.17) is 16.3 Å². The molecule has 1 amide bonds. The van der Waals surface area contributed by atoms with E-state index in [-0.39, 0.29) is 11.1 Å². The van der Waals surface area contributed by atoms with Gasteiger partial charge < -0.3 is 9.64 Å². The zero-order valence-electron chi connectivity index (χ0n) is 13.2. The van der Waals surface area contributed by atoms with Gasteiger partial charge in [-0.3, -0.25) is 0 Å². The molecule has 0 atom stereocenters. The van der Waals surface area contributed by atoms with Gasteiger partial charge >= 0.3 is 6.09 Å². The standard InChI is InChI=1S/C17H21ClFNO2/c1-17(2,3)22-16(21)20-8-6-12(7-9-20)10-13-4-5-14(18)15(19)11-13/h4-5,10-11H,6-9H2,1-3H3. The van der Waals surface area contributed by atoms with E-state index in [2.05, 4.69) is 0 Å². The van der Waals surface area contributed by atoms with Gasteiger partial charge in [0.25, 0.3) is 0 Å². The highest BCUT2D eigenvalue weighted by Gasteiger charge is 2.24. The summed E-state index contributed by atoms with van der Waals surface area (Å²) in [6.07, 6.45) is 3.22. The van der Waals surface area contributed by atoms with Gasteiger partial charge in [0, 0.05) is 13.1 Å². The van der Waals surface area contributed by atoms with Crippen LogP contribution in [0, 0.1) is 5.82 Å². The molecule has 1 saturated heterocycles. The Morgan fingerprint density at radius 1 is 1.32 bits per heavy atom. The fourth-order valence-electron chi connectivity index (χ4n) is 2.29. The third-order valence-electron chi connectivity index (χ3n) is 3.37. The van der Waals surface area contributed by atoms with Crippen LogP contribution in [-0.2, 0) is 4.74 Å². The second-order valence-electron chi connectivity index (χ2n) is 6.44. The molecule has 0 aliphatic carbocycles. The summed E-state index contributed by atoms with van der Waals surface area (Å²) >= 11 is 5.68. The number of hydrogen-bond acceptors (Lipinski definition) is 2. The van der Waals surface area contributed by atoms with Gasteiger partial charge in [0.1, 0.15) is 11.4 Å². The van der Waals surface area contributed by atoms with Gasteiger partial charge in [-0.2, -0.15) is 0 Å². The summed E-state index contributed by atoms with van der Waals surface area (Å²) in [4.78, 5) is 13.7. The van der Waals surface area contributed by atoms with Crippen LogP contribution in [0.5, 0.6) is 0 Å². The molecule has 2 rings (SSSR count). The van der Waals surface area contributed by atoms with Gasteiger partial charge in [0.05, 0.1) is 5.02 Å². The van der Waals surface area contributed by atoms with Crippen molar-refractivity contribution < 1.29 is 13.9 Å². The van der Waals surface area contributed by atoms with Crippen molar-refractivity contribution in [3.63, 3.8) is 0 Å². The number of carbonyl (C=O) groups is 1. The lowest BCUT2D eigenvalue weighted by atomic mass is 10.0. The number of hydrogen-bond donors (Lipinski definition) is 0. The molecule has 1 aromatic rings. The first kappa shape index (κ1) is 16.8. The predicted molar refractivity (Wildman–Crippen MR) is 86.4 cm³/mol. The van der Waals surface area contributed by atoms with Crippen molar-refractivity contribution in [3.05, 3.63) is 40.2 Å². The van der Waals surface area contributed by atoms with E-state index in [1.165, 1.54) is 11.6 Å². The highest BCUT2D eigenvalue weighted by atomic mass is 35.5. The largest absolute Gasteiger partial charge is 0.444 e. The monoisotopic (exact) mass is 325 g/mol. The fraction of sp³-hybridized carbons (Fsp3) is 0.471. The number of likely N-dealkylation sites (tertiary alicyclic amines) is 1. The Labute approximate surface area is 135 Å². The molecule has 0 unspecified atom stereocenters. The van der Waals surface area contributed by atoms with E-state index in [9.17, 15) is 9.18 Å². The lowest BCUT2D eigenvalue weighted by molar-refractivity contribution is 0.0237. The van der Waals surface area contributed by atoms with Crippen LogP contribution in [0.1, 0.15) is 39.2 Å². The van der Waals surface area contributed by atoms with Crippen LogP contribution in [0.2, 0.25) is 5.02 Å². The van der Waals surface area contributed by atoms with Crippen LogP contribution < -0.4 is 0 Å². The maximum Gasteiger partial charge on any atom is 0.410 e. The summed E-state index contributed by atoms with van der Waals surface area (Å²) in [7, 11) is 0. The molecule has 22 heavy (non-hydrogen) atoms. The number of piperidine rings is 1. The summed E-state index contributed by atoms with van der Waals surface area (Å²) in [5, 5.41) is 0.127. The number of halogens is 2. The van der Waals surface area contributed by atoms with E-state index in [0.717, 1.165) is 18.4 Å². The second kappa shape index (κ2) is 6.69. The Balaban J connectivity index is 1.95. The first-order chi connectivity index (χ1) is 10.2. The lowest BCUT2D eigenvalue weighted by Crippen LogP contribution is -2.40. The highest BCUT2D eigenvalue weighted by Crippen LogP contribution is 2.23. The number of nitrogens with zero attached hydrogens (tertiary/aromatic N) is 1. The van der Waals surface area contributed by atoms with Crippen LogP contribution in [0.25, 0.3) is 6.08 Å². The highest BCUT2D eigenvalue weighted by molar-refractivity contribution is 6.30. The number of benzene rings is 1. The van der Waals surface area contributed by atoms with Crippen molar-refractivity contribution in [1.29, 1.82) is 0 Å². The van der Waals surface area contributed by atoms with Gasteiger partial charge in [-0.1, -0.05) is 29.3 Å². The summed E-state index contributed by atoms with van der Waals surface area (Å²) in [6.45, 7) is 6.81. The summed E-state index contributed by atoms with van der Waals surface area (Å²) in [5.74, 6) is -0.415. The van der Waals surface area contributed by atoms with Crippen molar-refractivity contribution in [3.8, 4) is 0 Å². The predicted octanol–water partition coefficient (Wildman–Crippen LogP) is 4.89. The van der Waals surface area contributed by atoms with Crippen molar-refractivity contribution >= 4 is 23.8 Å². The third kappa shape index (κ3) is 4.73. The van der Waals surface area contributed by atoms with E-state index in [1.54, 1.807) is 17.0 Å². The lowest BCUT2D eigenvalue weighted by Gasteiger charge is -2.31. The van der Waals surface area contributed by atoms with E-state index in [0.29, 0.717) is 13.1 Å². The maximum absolute atomic E-state index is 13.4. The Hall–Kier alpha value is -1.55. The van der Waals surface area contributed by atoms with Crippen molar-refractivity contribution in [1.82, 2.24) is 4.90 Å². The van der Waals surface area contributed by atoms with Gasteiger partial charge in [-0.15, -0.1) is 0 Å². The van der Waals surface area contributed by atoms with Gasteiger partial charge in [0.15, 0.2) is 0 Å². The second-order valence-corrected chi connectivity index (χ2v) is 6.85. The zero-order valence-corrected chi connectivity index (χ0v) is 13.9. The molecule has 5 heteroatoms. The molecule has 1 heterocycles. The molecule has 0 aromatic heterocycles. The molecule has 1 fully saturated rings. The molecule has 0 bridgehead atoms. The Morgan fingerprint density at radius 3 is 2.50 bits per heavy atom. The Kier molecular flexibility index (Phi) is 5.12. The average Bonchev–Trinajstić information content (AvgIpc) is 2.42. The van der Waals surface area contributed by atoms with Crippen molar-refractivity contribution in [2.45, 2.75) is 39.2 Å². The molecule has 0 spiro atoms. The number of amides is 1. The van der Waals surface area contributed by atoms with E-state index in [1.807, 2.05) is 26.8 Å². The van der Waals surface area contributed by atoms with Crippen molar-refractivity contribution in [2.24, 2.45) is 0 Å². The zero-order chi connectivity index (χ0) is 16.3. The molecule has 0 N–H and O–H groups in total. The third-order valence-corrected chi connectivity index (χ3v) is 3.68. The molecule has 1 aliphatic rings. The van der Waals surface area contributed by atoms with Crippen LogP contribution in [-0.4, -0.2) is 29.7 Å². The molecule has 1 aliphatic heterocycles. The molecule has 120 valence electrons. The smallest absolute Gasteiger partial charge is 0.410 e. The van der Waals surface area contributed by atoms with E-state index < -0.39 is 11.4 Å². The van der Waals surface area contributed by atoms with Gasteiger partial charge in [-0.05, 0) is 51.3 Å². The topological polar surface area (TPSA) is 29.5 Å². The molecular formula is C17H21ClFNO2. The summed E-state index contributed by atoms with van der Waals surface area (Å²) in [6, 6.07) is 4.77. The molecule has 3 nitrogen and oxygen atoms in total. The quantitative estimate of drug-likeness (QED) is 0.735. The number of carbonyl (C=O) groups excluding carboxylic acids is 1. The minimum absolute atomic E-state index is 0.127. The number of ether oxygens (including phenoxy) is 1.